The molecule has 0 heterocycles. The molecule has 2 aromatic carbocycles. The second kappa shape index (κ2) is 11.7. The van der Waals surface area contributed by atoms with E-state index in [1.165, 1.54) is 4.90 Å². The fraction of sp³-hybridized carbons (Fsp3) is 0.440. The van der Waals surface area contributed by atoms with E-state index in [2.05, 4.69) is 5.32 Å². The van der Waals surface area contributed by atoms with Crippen LogP contribution in [0.2, 0.25) is 5.02 Å². The van der Waals surface area contributed by atoms with Gasteiger partial charge in [0.25, 0.3) is 0 Å². The number of hydrogen-bond acceptors (Lipinski definition) is 4. The van der Waals surface area contributed by atoms with Crippen LogP contribution in [0.15, 0.2) is 42.5 Å². The van der Waals surface area contributed by atoms with Gasteiger partial charge in [0.1, 0.15) is 12.6 Å². The Bertz CT molecular complexity index is 1120. The molecule has 0 fully saturated rings. The Morgan fingerprint density at radius 1 is 1.03 bits per heavy atom. The van der Waals surface area contributed by atoms with Crippen molar-refractivity contribution in [2.45, 2.75) is 47.2 Å². The fourth-order valence-electron chi connectivity index (χ4n) is 3.39. The third-order valence-electron chi connectivity index (χ3n) is 5.51. The van der Waals surface area contributed by atoms with Gasteiger partial charge in [-0.3, -0.25) is 13.9 Å². The largest absolute Gasteiger partial charge is 0.354 e. The van der Waals surface area contributed by atoms with E-state index in [1.54, 1.807) is 32.0 Å². The fourth-order valence-corrected chi connectivity index (χ4v) is 4.46. The molecule has 2 rings (SSSR count). The number of anilines is 1. The number of nitrogens with one attached hydrogen (secondary N) is 1. The monoisotopic (exact) mass is 507 g/mol. The van der Waals surface area contributed by atoms with Crippen molar-refractivity contribution in [3.05, 3.63) is 64.2 Å². The summed E-state index contributed by atoms with van der Waals surface area (Å²) in [6.07, 6.45) is 1.05. The number of hydrogen-bond donors (Lipinski definition) is 1. The second-order valence-corrected chi connectivity index (χ2v) is 11.3. The van der Waals surface area contributed by atoms with E-state index < -0.39 is 28.5 Å². The molecule has 0 saturated carbocycles. The van der Waals surface area contributed by atoms with E-state index in [-0.39, 0.29) is 18.4 Å². The average molecular weight is 508 g/mol. The maximum Gasteiger partial charge on any atom is 0.244 e. The van der Waals surface area contributed by atoms with Gasteiger partial charge < -0.3 is 10.2 Å². The van der Waals surface area contributed by atoms with Gasteiger partial charge in [0.2, 0.25) is 21.8 Å². The predicted molar refractivity (Wildman–Crippen MR) is 137 cm³/mol. The molecule has 7 nitrogen and oxygen atoms in total. The molecule has 0 aromatic heterocycles. The lowest BCUT2D eigenvalue weighted by Crippen LogP contribution is -2.51. The van der Waals surface area contributed by atoms with Crippen LogP contribution in [0.3, 0.4) is 0 Å². The van der Waals surface area contributed by atoms with Crippen molar-refractivity contribution in [2.24, 2.45) is 5.92 Å². The quantitative estimate of drug-likeness (QED) is 0.528. The highest BCUT2D eigenvalue weighted by atomic mass is 35.5. The Labute approximate surface area is 208 Å². The number of rotatable bonds is 10. The van der Waals surface area contributed by atoms with Gasteiger partial charge in [-0.15, -0.1) is 0 Å². The van der Waals surface area contributed by atoms with Gasteiger partial charge in [0.15, 0.2) is 0 Å². The third kappa shape index (κ3) is 7.46. The van der Waals surface area contributed by atoms with Crippen LogP contribution in [0.1, 0.15) is 37.5 Å². The molecule has 1 atom stereocenters. The van der Waals surface area contributed by atoms with Gasteiger partial charge in [-0.05, 0) is 49.9 Å². The van der Waals surface area contributed by atoms with E-state index in [1.807, 2.05) is 45.0 Å². The Morgan fingerprint density at radius 2 is 1.65 bits per heavy atom. The molecule has 0 saturated heterocycles. The van der Waals surface area contributed by atoms with Gasteiger partial charge in [-0.25, -0.2) is 8.42 Å². The molecular weight excluding hydrogens is 474 g/mol. The molecule has 2 amide bonds. The minimum Gasteiger partial charge on any atom is -0.354 e. The van der Waals surface area contributed by atoms with Crippen LogP contribution in [0.4, 0.5) is 5.69 Å². The summed E-state index contributed by atoms with van der Waals surface area (Å²) in [6.45, 7) is 9.48. The first kappa shape index (κ1) is 27.7. The zero-order valence-corrected chi connectivity index (χ0v) is 22.2. The summed E-state index contributed by atoms with van der Waals surface area (Å²) >= 11 is 6.21. The van der Waals surface area contributed by atoms with Gasteiger partial charge in [-0.1, -0.05) is 61.3 Å². The molecule has 0 aliphatic heterocycles. The van der Waals surface area contributed by atoms with Gasteiger partial charge in [0.05, 0.1) is 11.9 Å². The number of aryl methyl sites for hydroxylation is 1. The number of amides is 2. The molecule has 0 unspecified atom stereocenters. The van der Waals surface area contributed by atoms with Crippen LogP contribution in [-0.4, -0.2) is 50.5 Å². The normalized spacial score (nSPS) is 12.4. The summed E-state index contributed by atoms with van der Waals surface area (Å²) in [5.41, 5.74) is 2.79. The zero-order chi connectivity index (χ0) is 25.6. The summed E-state index contributed by atoms with van der Waals surface area (Å²) in [7, 11) is -3.81. The first-order chi connectivity index (χ1) is 15.8. The van der Waals surface area contributed by atoms with Gasteiger partial charge >= 0.3 is 0 Å². The molecule has 0 spiro atoms. The summed E-state index contributed by atoms with van der Waals surface area (Å²) in [5, 5.41) is 3.26. The van der Waals surface area contributed by atoms with Crippen LogP contribution in [0.5, 0.6) is 0 Å². The molecule has 2 aromatic rings. The van der Waals surface area contributed by atoms with E-state index in [9.17, 15) is 18.0 Å². The van der Waals surface area contributed by atoms with E-state index >= 15 is 0 Å². The molecule has 186 valence electrons. The lowest BCUT2D eigenvalue weighted by Gasteiger charge is -2.32. The van der Waals surface area contributed by atoms with Gasteiger partial charge in [0, 0.05) is 18.1 Å². The number of benzene rings is 2. The van der Waals surface area contributed by atoms with Gasteiger partial charge in [-0.2, -0.15) is 0 Å². The van der Waals surface area contributed by atoms with Crippen molar-refractivity contribution in [3.63, 3.8) is 0 Å². The highest BCUT2D eigenvalue weighted by Crippen LogP contribution is 2.28. The van der Waals surface area contributed by atoms with Crippen molar-refractivity contribution in [1.82, 2.24) is 10.2 Å². The predicted octanol–water partition coefficient (Wildman–Crippen LogP) is 3.91. The van der Waals surface area contributed by atoms with Crippen molar-refractivity contribution in [2.75, 3.05) is 23.7 Å². The lowest BCUT2D eigenvalue weighted by molar-refractivity contribution is -0.139. The molecule has 34 heavy (non-hydrogen) atoms. The van der Waals surface area contributed by atoms with Crippen molar-refractivity contribution < 1.29 is 18.0 Å². The second-order valence-electron chi connectivity index (χ2n) is 8.98. The number of carbonyl (C=O) groups excluding carboxylic acids is 2. The summed E-state index contributed by atoms with van der Waals surface area (Å²) in [5.74, 6) is -0.527. The maximum atomic E-state index is 13.5. The van der Waals surface area contributed by atoms with Crippen LogP contribution in [-0.2, 0) is 26.2 Å². The molecule has 0 aliphatic rings. The standard InChI is InChI=1S/C25H34ClN3O4S/c1-17(2)14-27-25(31)20(5)28(15-21-12-10-18(3)11-13-21)24(30)16-29(34(6,32)33)23-9-7-8-22(26)19(23)4/h7-13,17,20H,14-16H2,1-6H3,(H,27,31)/t20-/m1/s1. The van der Waals surface area contributed by atoms with E-state index in [4.69, 9.17) is 11.6 Å². The Kier molecular flexibility index (Phi) is 9.53. The smallest absolute Gasteiger partial charge is 0.244 e. The first-order valence-electron chi connectivity index (χ1n) is 11.2. The van der Waals surface area contributed by atoms with Crippen LogP contribution < -0.4 is 9.62 Å². The Hall–Kier alpha value is -2.58. The van der Waals surface area contributed by atoms with Crippen LogP contribution in [0.25, 0.3) is 0 Å². The lowest BCUT2D eigenvalue weighted by atomic mass is 10.1. The number of nitrogens with zero attached hydrogens (tertiary/aromatic N) is 2. The van der Waals surface area contributed by atoms with Crippen molar-refractivity contribution in [1.29, 1.82) is 0 Å². The first-order valence-corrected chi connectivity index (χ1v) is 13.4. The topological polar surface area (TPSA) is 86.8 Å². The van der Waals surface area contributed by atoms with Crippen LogP contribution >= 0.6 is 11.6 Å². The summed E-state index contributed by atoms with van der Waals surface area (Å²) in [6, 6.07) is 11.8. The number of sulfonamides is 1. The van der Waals surface area contributed by atoms with Crippen molar-refractivity contribution >= 4 is 39.1 Å². The SMILES string of the molecule is Cc1ccc(CN(C(=O)CN(c2cccc(Cl)c2C)S(C)(=O)=O)[C@H](C)C(=O)NCC(C)C)cc1. The number of carbonyl (C=O) groups is 2. The van der Waals surface area contributed by atoms with E-state index in [0.29, 0.717) is 22.8 Å². The molecule has 0 aliphatic carbocycles. The maximum absolute atomic E-state index is 13.5. The average Bonchev–Trinajstić information content (AvgIpc) is 2.76. The summed E-state index contributed by atoms with van der Waals surface area (Å²) < 4.78 is 26.4. The molecule has 1 N–H and O–H groups in total. The zero-order valence-electron chi connectivity index (χ0n) is 20.6. The molecule has 0 bridgehead atoms. The minimum atomic E-state index is -3.81. The molecule has 9 heteroatoms. The molecule has 0 radical (unpaired) electrons. The molecular formula is C25H34ClN3O4S. The Morgan fingerprint density at radius 3 is 2.21 bits per heavy atom. The minimum absolute atomic E-state index is 0.168. The highest BCUT2D eigenvalue weighted by Gasteiger charge is 2.30. The Balaban J connectivity index is 2.40. The highest BCUT2D eigenvalue weighted by molar-refractivity contribution is 7.92. The summed E-state index contributed by atoms with van der Waals surface area (Å²) in [4.78, 5) is 27.8. The van der Waals surface area contributed by atoms with Crippen LogP contribution in [0, 0.1) is 19.8 Å². The van der Waals surface area contributed by atoms with E-state index in [0.717, 1.165) is 21.7 Å². The van der Waals surface area contributed by atoms with Crippen molar-refractivity contribution in [3.8, 4) is 0 Å². The third-order valence-corrected chi connectivity index (χ3v) is 7.05. The number of halogens is 1.